The van der Waals surface area contributed by atoms with Crippen molar-refractivity contribution in [2.45, 2.75) is 18.4 Å². The molecular weight excluding hydrogens is 400 g/mol. The van der Waals surface area contributed by atoms with Gasteiger partial charge in [0, 0.05) is 23.1 Å². The van der Waals surface area contributed by atoms with E-state index in [0.29, 0.717) is 0 Å². The van der Waals surface area contributed by atoms with Crippen molar-refractivity contribution in [3.63, 3.8) is 0 Å². The van der Waals surface area contributed by atoms with Gasteiger partial charge in [0.05, 0.1) is 10.6 Å². The zero-order chi connectivity index (χ0) is 20.3. The minimum Gasteiger partial charge on any atom is -0.236 e. The molecule has 4 rings (SSSR count). The number of nitrogens with zero attached hydrogens (tertiary/aromatic N) is 1. The third-order valence-electron chi connectivity index (χ3n) is 4.55. The first kappa shape index (κ1) is 19.5. The summed E-state index contributed by atoms with van der Waals surface area (Å²) in [5, 5.41) is 2.95. The van der Waals surface area contributed by atoms with Gasteiger partial charge in [0.2, 0.25) is 10.0 Å². The molecule has 1 N–H and O–H groups in total. The van der Waals surface area contributed by atoms with Crippen molar-refractivity contribution in [2.24, 2.45) is 0 Å². The Morgan fingerprint density at radius 1 is 0.897 bits per heavy atom. The van der Waals surface area contributed by atoms with Crippen LogP contribution in [0.4, 0.5) is 0 Å². The SMILES string of the molecule is Cc1ccc(S(=O)(=O)NCc2cccc(-c3nc(-c4ccccc4)cs3)c2)cc1. The van der Waals surface area contributed by atoms with E-state index in [1.807, 2.05) is 66.9 Å². The summed E-state index contributed by atoms with van der Waals surface area (Å²) < 4.78 is 27.7. The highest BCUT2D eigenvalue weighted by Gasteiger charge is 2.14. The molecule has 0 saturated carbocycles. The molecule has 0 atom stereocenters. The Hall–Kier alpha value is -2.80. The molecule has 0 aliphatic rings. The lowest BCUT2D eigenvalue weighted by Crippen LogP contribution is -2.23. The van der Waals surface area contributed by atoms with E-state index in [1.165, 1.54) is 0 Å². The number of aryl methyl sites for hydroxylation is 1. The smallest absolute Gasteiger partial charge is 0.236 e. The zero-order valence-electron chi connectivity index (χ0n) is 15.9. The predicted molar refractivity (Wildman–Crippen MR) is 118 cm³/mol. The van der Waals surface area contributed by atoms with Crippen LogP contribution in [-0.2, 0) is 16.6 Å². The number of benzene rings is 3. The third kappa shape index (κ3) is 4.62. The molecular formula is C23H20N2O2S2. The fraction of sp³-hybridized carbons (Fsp3) is 0.0870. The molecule has 0 aliphatic carbocycles. The van der Waals surface area contributed by atoms with E-state index in [2.05, 4.69) is 4.72 Å². The maximum Gasteiger partial charge on any atom is 0.240 e. The summed E-state index contributed by atoms with van der Waals surface area (Å²) in [7, 11) is -3.55. The Kier molecular flexibility index (Phi) is 5.58. The lowest BCUT2D eigenvalue weighted by molar-refractivity contribution is 0.581. The van der Waals surface area contributed by atoms with Crippen LogP contribution in [0.1, 0.15) is 11.1 Å². The minimum absolute atomic E-state index is 0.223. The van der Waals surface area contributed by atoms with Gasteiger partial charge in [-0.3, -0.25) is 0 Å². The highest BCUT2D eigenvalue weighted by Crippen LogP contribution is 2.29. The van der Waals surface area contributed by atoms with Gasteiger partial charge in [-0.1, -0.05) is 66.2 Å². The fourth-order valence-electron chi connectivity index (χ4n) is 2.94. The van der Waals surface area contributed by atoms with Gasteiger partial charge in [-0.15, -0.1) is 11.3 Å². The van der Waals surface area contributed by atoms with Crippen LogP contribution in [0.25, 0.3) is 21.8 Å². The molecule has 0 radical (unpaired) electrons. The molecule has 0 saturated heterocycles. The van der Waals surface area contributed by atoms with E-state index in [4.69, 9.17) is 4.98 Å². The van der Waals surface area contributed by atoms with Crippen LogP contribution in [0.5, 0.6) is 0 Å². The highest BCUT2D eigenvalue weighted by atomic mass is 32.2. The summed E-state index contributed by atoms with van der Waals surface area (Å²) in [6.07, 6.45) is 0. The van der Waals surface area contributed by atoms with Crippen LogP contribution in [0.15, 0.2) is 89.1 Å². The fourth-order valence-corrected chi connectivity index (χ4v) is 4.79. The summed E-state index contributed by atoms with van der Waals surface area (Å²) in [6, 6.07) is 24.7. The van der Waals surface area contributed by atoms with Crippen molar-refractivity contribution in [3.8, 4) is 21.8 Å². The zero-order valence-corrected chi connectivity index (χ0v) is 17.5. The van der Waals surface area contributed by atoms with Gasteiger partial charge >= 0.3 is 0 Å². The van der Waals surface area contributed by atoms with Crippen LogP contribution in [-0.4, -0.2) is 13.4 Å². The average molecular weight is 421 g/mol. The van der Waals surface area contributed by atoms with E-state index < -0.39 is 10.0 Å². The number of hydrogen-bond donors (Lipinski definition) is 1. The van der Waals surface area contributed by atoms with E-state index >= 15 is 0 Å². The summed E-state index contributed by atoms with van der Waals surface area (Å²) in [5.41, 5.74) is 4.90. The lowest BCUT2D eigenvalue weighted by atomic mass is 10.1. The van der Waals surface area contributed by atoms with Crippen LogP contribution in [0.2, 0.25) is 0 Å². The minimum atomic E-state index is -3.55. The molecule has 6 heteroatoms. The maximum absolute atomic E-state index is 12.5. The Balaban J connectivity index is 1.51. The predicted octanol–water partition coefficient (Wildman–Crippen LogP) is 5.26. The van der Waals surface area contributed by atoms with Crippen molar-refractivity contribution < 1.29 is 8.42 Å². The molecule has 0 aliphatic heterocycles. The Morgan fingerprint density at radius 3 is 2.38 bits per heavy atom. The van der Waals surface area contributed by atoms with Crippen molar-refractivity contribution in [1.29, 1.82) is 0 Å². The van der Waals surface area contributed by atoms with E-state index in [1.54, 1.807) is 35.6 Å². The Morgan fingerprint density at radius 2 is 1.62 bits per heavy atom. The molecule has 0 spiro atoms. The van der Waals surface area contributed by atoms with Gasteiger partial charge in [-0.2, -0.15) is 0 Å². The monoisotopic (exact) mass is 420 g/mol. The second kappa shape index (κ2) is 8.29. The molecule has 1 heterocycles. The average Bonchev–Trinajstić information content (AvgIpc) is 3.24. The van der Waals surface area contributed by atoms with Crippen molar-refractivity contribution in [2.75, 3.05) is 0 Å². The summed E-state index contributed by atoms with van der Waals surface area (Å²) >= 11 is 1.58. The molecule has 0 bridgehead atoms. The van der Waals surface area contributed by atoms with Gasteiger partial charge < -0.3 is 0 Å². The van der Waals surface area contributed by atoms with Gasteiger partial charge in [0.25, 0.3) is 0 Å². The maximum atomic E-state index is 12.5. The molecule has 0 amide bonds. The molecule has 1 aromatic heterocycles. The van der Waals surface area contributed by atoms with Crippen molar-refractivity contribution >= 4 is 21.4 Å². The number of sulfonamides is 1. The molecule has 3 aromatic carbocycles. The summed E-state index contributed by atoms with van der Waals surface area (Å²) in [5.74, 6) is 0. The molecule has 146 valence electrons. The summed E-state index contributed by atoms with van der Waals surface area (Å²) in [6.45, 7) is 2.15. The van der Waals surface area contributed by atoms with Gasteiger partial charge in [-0.05, 0) is 30.7 Å². The quantitative estimate of drug-likeness (QED) is 0.463. The first-order valence-corrected chi connectivity index (χ1v) is 11.5. The number of hydrogen-bond acceptors (Lipinski definition) is 4. The summed E-state index contributed by atoms with van der Waals surface area (Å²) in [4.78, 5) is 5.01. The van der Waals surface area contributed by atoms with Gasteiger partial charge in [0.1, 0.15) is 5.01 Å². The van der Waals surface area contributed by atoms with Crippen LogP contribution < -0.4 is 4.72 Å². The standard InChI is InChI=1S/C23H20N2O2S2/c1-17-10-12-21(13-11-17)29(26,27)24-15-18-6-5-9-20(14-18)23-25-22(16-28-23)19-7-3-2-4-8-19/h2-14,16,24H,15H2,1H3. The first-order chi connectivity index (χ1) is 14.0. The van der Waals surface area contributed by atoms with Crippen molar-refractivity contribution in [3.05, 3.63) is 95.4 Å². The first-order valence-electron chi connectivity index (χ1n) is 9.18. The van der Waals surface area contributed by atoms with Gasteiger partial charge in [0.15, 0.2) is 0 Å². The van der Waals surface area contributed by atoms with Gasteiger partial charge in [-0.25, -0.2) is 18.1 Å². The molecule has 29 heavy (non-hydrogen) atoms. The molecule has 4 aromatic rings. The van der Waals surface area contributed by atoms with E-state index in [9.17, 15) is 8.42 Å². The second-order valence-corrected chi connectivity index (χ2v) is 9.37. The van der Waals surface area contributed by atoms with Crippen LogP contribution >= 0.6 is 11.3 Å². The molecule has 0 unspecified atom stereocenters. The second-order valence-electron chi connectivity index (χ2n) is 6.74. The highest BCUT2D eigenvalue weighted by molar-refractivity contribution is 7.89. The van der Waals surface area contributed by atoms with E-state index in [-0.39, 0.29) is 11.4 Å². The normalized spacial score (nSPS) is 11.5. The number of aromatic nitrogens is 1. The number of thiazole rings is 1. The Labute approximate surface area is 175 Å². The molecule has 4 nitrogen and oxygen atoms in total. The topological polar surface area (TPSA) is 59.1 Å². The third-order valence-corrected chi connectivity index (χ3v) is 6.85. The largest absolute Gasteiger partial charge is 0.240 e. The Bertz CT molecular complexity index is 1220. The number of nitrogens with one attached hydrogen (secondary N) is 1. The lowest BCUT2D eigenvalue weighted by Gasteiger charge is -2.08. The van der Waals surface area contributed by atoms with Crippen LogP contribution in [0, 0.1) is 6.92 Å². The number of rotatable bonds is 6. The van der Waals surface area contributed by atoms with Crippen LogP contribution in [0.3, 0.4) is 0 Å². The van der Waals surface area contributed by atoms with E-state index in [0.717, 1.165) is 33.0 Å². The molecule has 0 fully saturated rings. The van der Waals surface area contributed by atoms with Crippen molar-refractivity contribution in [1.82, 2.24) is 9.71 Å².